The second-order valence-electron chi connectivity index (χ2n) is 13.1. The van der Waals surface area contributed by atoms with Gasteiger partial charge in [-0.05, 0) is 79.7 Å². The fourth-order valence-electron chi connectivity index (χ4n) is 5.58. The van der Waals surface area contributed by atoms with Crippen LogP contribution in [0.2, 0.25) is 0 Å². The number of aryl methyl sites for hydroxylation is 4. The van der Waals surface area contributed by atoms with E-state index in [1.54, 1.807) is 0 Å². The summed E-state index contributed by atoms with van der Waals surface area (Å²) in [6.07, 6.45) is 1.17. The van der Waals surface area contributed by atoms with Gasteiger partial charge in [0.25, 0.3) is 0 Å². The van der Waals surface area contributed by atoms with Crippen molar-refractivity contribution >= 4 is 17.2 Å². The number of benzene rings is 4. The average molecular weight is 750 g/mol. The molecule has 276 valence electrons. The second-order valence-corrected chi connectivity index (χ2v) is 13.1. The van der Waals surface area contributed by atoms with E-state index < -0.39 is 0 Å². The van der Waals surface area contributed by atoms with Crippen LogP contribution >= 0.6 is 0 Å². The minimum atomic E-state index is -0.125. The van der Waals surface area contributed by atoms with Gasteiger partial charge >= 0.3 is 0 Å². The molecule has 6 rings (SSSR count). The summed E-state index contributed by atoms with van der Waals surface area (Å²) in [6.45, 7) is 15.4. The number of carbonyl (C=O) groups excluding carboxylic acids is 1. The summed E-state index contributed by atoms with van der Waals surface area (Å²) in [5.74, 6) is -0.0625. The fraction of sp³-hybridized carbons (Fsp3) is 0.196. The van der Waals surface area contributed by atoms with Crippen LogP contribution < -0.4 is 0 Å². The van der Waals surface area contributed by atoms with Crippen LogP contribution in [0.3, 0.4) is 0 Å². The zero-order chi connectivity index (χ0) is 36.7. The summed E-state index contributed by atoms with van der Waals surface area (Å²) in [5.41, 5.74) is 15.2. The largest absolute Gasteiger partial charge is 0.512 e. The van der Waals surface area contributed by atoms with Gasteiger partial charge in [0.1, 0.15) is 0 Å². The molecule has 53 heavy (non-hydrogen) atoms. The molecule has 0 radical (unpaired) electrons. The van der Waals surface area contributed by atoms with E-state index in [4.69, 9.17) is 15.3 Å². The summed E-state index contributed by atoms with van der Waals surface area (Å²) < 4.78 is 4.11. The summed E-state index contributed by atoms with van der Waals surface area (Å²) in [5, 5.41) is 18.8. The third kappa shape index (κ3) is 10.8. The Hall–Kier alpha value is -5.52. The summed E-state index contributed by atoms with van der Waals surface area (Å²) in [6, 6.07) is 43.1. The van der Waals surface area contributed by atoms with E-state index in [9.17, 15) is 4.79 Å². The van der Waals surface area contributed by atoms with Crippen LogP contribution in [0.15, 0.2) is 143 Å². The maximum atomic E-state index is 10.0. The number of aromatic nitrogens is 2. The number of aliphatic hydroxyl groups is 1. The quantitative estimate of drug-likeness (QED) is 0.0728. The number of carbonyl (C=O) groups is 1. The number of nitrogens with zero attached hydrogens (tertiary/aromatic N) is 4. The van der Waals surface area contributed by atoms with Crippen LogP contribution in [0.1, 0.15) is 57.4 Å². The molecule has 2 heterocycles. The van der Waals surface area contributed by atoms with Gasteiger partial charge in [0.2, 0.25) is 0 Å². The van der Waals surface area contributed by atoms with Crippen molar-refractivity contribution < 1.29 is 26.4 Å². The van der Waals surface area contributed by atoms with Crippen molar-refractivity contribution in [2.24, 2.45) is 10.2 Å². The van der Waals surface area contributed by atoms with Crippen LogP contribution in [0.25, 0.3) is 45.0 Å². The molecule has 1 N–H and O–H groups in total. The summed E-state index contributed by atoms with van der Waals surface area (Å²) >= 11 is 0. The Labute approximate surface area is 325 Å². The normalized spacial score (nSPS) is 11.6. The van der Waals surface area contributed by atoms with E-state index in [1.165, 1.54) is 42.2 Å². The van der Waals surface area contributed by atoms with E-state index >= 15 is 0 Å². The summed E-state index contributed by atoms with van der Waals surface area (Å²) in [4.78, 5) is 10.0. The van der Waals surface area contributed by atoms with Gasteiger partial charge < -0.3 is 5.11 Å². The molecule has 0 aliphatic carbocycles. The van der Waals surface area contributed by atoms with Gasteiger partial charge in [-0.3, -0.25) is 4.79 Å². The zero-order valence-corrected chi connectivity index (χ0v) is 32.1. The molecule has 0 spiro atoms. The molecule has 0 saturated carbocycles. The number of allylic oxidation sites excluding steroid dienone is 2. The number of aliphatic hydroxyl groups excluding tert-OH is 1. The zero-order valence-electron chi connectivity index (χ0n) is 31.1. The Balaban J connectivity index is 0.000000767. The van der Waals surface area contributed by atoms with Crippen molar-refractivity contribution in [2.75, 3.05) is 0 Å². The molecule has 6 aromatic rings. The van der Waals surface area contributed by atoms with Crippen LogP contribution in [0.5, 0.6) is 0 Å². The maximum Gasteiger partial charge on any atom is 0.155 e. The van der Waals surface area contributed by atoms with Crippen molar-refractivity contribution in [3.05, 3.63) is 155 Å². The molecule has 0 bridgehead atoms. The van der Waals surface area contributed by atoms with Crippen molar-refractivity contribution in [3.63, 3.8) is 0 Å². The van der Waals surface area contributed by atoms with Gasteiger partial charge in [0.05, 0.1) is 40.0 Å². The molecule has 0 amide bonds. The predicted molar refractivity (Wildman–Crippen MR) is 220 cm³/mol. The van der Waals surface area contributed by atoms with Crippen LogP contribution in [0.4, 0.5) is 0 Å². The molecule has 2 aromatic heterocycles. The first-order valence-electron chi connectivity index (χ1n) is 17.1. The molecule has 0 atom stereocenters. The van der Waals surface area contributed by atoms with Crippen molar-refractivity contribution in [1.29, 1.82) is 0 Å². The molecule has 0 aliphatic heterocycles. The Bertz CT molecular complexity index is 1940. The van der Waals surface area contributed by atoms with E-state index in [0.29, 0.717) is 0 Å². The topological polar surface area (TPSA) is 71.9 Å². The number of hydrogen-bond acceptors (Lipinski definition) is 4. The Morgan fingerprint density at radius 2 is 0.698 bits per heavy atom. The van der Waals surface area contributed by atoms with E-state index in [2.05, 4.69) is 158 Å². The summed E-state index contributed by atoms with van der Waals surface area (Å²) in [7, 11) is 0. The first kappa shape index (κ1) is 41.9. The number of hydrogen-bond donors (Lipinski definition) is 1. The van der Waals surface area contributed by atoms with Crippen molar-refractivity contribution in [1.82, 2.24) is 9.35 Å². The SMILES string of the molecule is C.CC(=Nn1c(-c2ccc(C)cc2)ccc1-c1ccc(C)cc1)C(C)=Nn1c(-c2ccc(C)cc2)ccc1-c1ccc(C)cc1.CC(=O)C=C(C)O.[Ni]. The molecule has 6 nitrogen and oxygen atoms in total. The monoisotopic (exact) mass is 748 g/mol. The standard InChI is InChI=1S/C40H38N4.C5H8O2.CH4.Ni/c1-27-7-15-33(16-8-27)37-23-24-38(34-17-9-28(2)10-18-34)43(37)41-31(5)32(6)42-44-39(35-19-11-29(3)12-20-35)25-26-40(44)36-21-13-30(4)14-22-36;1-4(6)3-5(2)7;;/h7-26H,1-6H3;3,6H,1-2H3;1H4;. The van der Waals surface area contributed by atoms with E-state index in [-0.39, 0.29) is 35.5 Å². The fourth-order valence-corrected chi connectivity index (χ4v) is 5.58. The molecule has 7 heteroatoms. The van der Waals surface area contributed by atoms with Crippen LogP contribution in [-0.4, -0.2) is 31.7 Å². The molecule has 0 fully saturated rings. The third-order valence-corrected chi connectivity index (χ3v) is 8.54. The molecule has 0 saturated heterocycles. The average Bonchev–Trinajstić information content (AvgIpc) is 3.70. The van der Waals surface area contributed by atoms with E-state index in [1.807, 2.05) is 13.8 Å². The Morgan fingerprint density at radius 3 is 0.868 bits per heavy atom. The van der Waals surface area contributed by atoms with Gasteiger partial charge in [-0.2, -0.15) is 10.2 Å². The Morgan fingerprint density at radius 1 is 0.472 bits per heavy atom. The smallest absolute Gasteiger partial charge is 0.155 e. The minimum absolute atomic E-state index is 0. The van der Waals surface area contributed by atoms with Gasteiger partial charge in [-0.25, -0.2) is 9.35 Å². The van der Waals surface area contributed by atoms with Gasteiger partial charge in [0.15, 0.2) is 5.78 Å². The predicted octanol–water partition coefficient (Wildman–Crippen LogP) is 12.0. The van der Waals surface area contributed by atoms with E-state index in [0.717, 1.165) is 56.5 Å². The molecule has 0 aliphatic rings. The number of ketones is 1. The molecular formula is C46H50N4NiO2. The van der Waals surface area contributed by atoms with Gasteiger partial charge in [-0.1, -0.05) is 127 Å². The first-order chi connectivity index (χ1) is 24.4. The molecular weight excluding hydrogens is 699 g/mol. The second kappa shape index (κ2) is 18.8. The first-order valence-corrected chi connectivity index (χ1v) is 17.1. The molecule has 4 aromatic carbocycles. The number of rotatable bonds is 8. The van der Waals surface area contributed by atoms with Crippen LogP contribution in [-0.2, 0) is 21.3 Å². The van der Waals surface area contributed by atoms with Crippen LogP contribution in [0, 0.1) is 27.7 Å². The third-order valence-electron chi connectivity index (χ3n) is 8.54. The molecule has 0 unspecified atom stereocenters. The Kier molecular flexibility index (Phi) is 14.9. The van der Waals surface area contributed by atoms with Crippen molar-refractivity contribution in [2.45, 2.75) is 62.8 Å². The van der Waals surface area contributed by atoms with Gasteiger partial charge in [-0.15, -0.1) is 0 Å². The maximum absolute atomic E-state index is 10.0. The van der Waals surface area contributed by atoms with Gasteiger partial charge in [0, 0.05) is 44.8 Å². The minimum Gasteiger partial charge on any atom is -0.512 e. The van der Waals surface area contributed by atoms with Crippen molar-refractivity contribution in [3.8, 4) is 45.0 Å².